The molecule has 22 heavy (non-hydrogen) atoms. The molecule has 0 unspecified atom stereocenters. The highest BCUT2D eigenvalue weighted by atomic mass is 32.2. The van der Waals surface area contributed by atoms with Crippen LogP contribution in [0.4, 0.5) is 0 Å². The monoisotopic (exact) mass is 320 g/mol. The second kappa shape index (κ2) is 6.01. The number of hydrogen-bond donors (Lipinski definition) is 0. The molecule has 0 aliphatic rings. The van der Waals surface area contributed by atoms with E-state index < -0.39 is 10.1 Å². The number of benzene rings is 2. The maximum atomic E-state index is 12.2. The Morgan fingerprint density at radius 2 is 1.32 bits per heavy atom. The molecule has 0 amide bonds. The van der Waals surface area contributed by atoms with E-state index in [1.54, 1.807) is 24.3 Å². The molecule has 0 spiro atoms. The molecule has 2 aromatic carbocycles. The van der Waals surface area contributed by atoms with Crippen molar-refractivity contribution in [1.82, 2.24) is 0 Å². The average molecular weight is 320 g/mol. The van der Waals surface area contributed by atoms with Gasteiger partial charge in [0.15, 0.2) is 0 Å². The minimum absolute atomic E-state index is 0.00733. The quantitative estimate of drug-likeness (QED) is 0.805. The summed E-state index contributed by atoms with van der Waals surface area (Å²) in [5.74, 6) is 0.886. The van der Waals surface area contributed by atoms with E-state index in [4.69, 9.17) is 8.92 Å². The van der Waals surface area contributed by atoms with Crippen LogP contribution in [0.3, 0.4) is 0 Å². The molecule has 0 fully saturated rings. The van der Waals surface area contributed by atoms with Crippen LogP contribution in [0, 0.1) is 0 Å². The van der Waals surface area contributed by atoms with E-state index in [0.29, 0.717) is 11.5 Å². The van der Waals surface area contributed by atoms with E-state index in [9.17, 15) is 8.42 Å². The molecule has 0 saturated carbocycles. The second-order valence-corrected chi connectivity index (χ2v) is 7.53. The van der Waals surface area contributed by atoms with Gasteiger partial charge in [-0.3, -0.25) is 0 Å². The fourth-order valence-corrected chi connectivity index (χ4v) is 2.86. The summed E-state index contributed by atoms with van der Waals surface area (Å²) in [5.41, 5.74) is 1.12. The van der Waals surface area contributed by atoms with Crippen molar-refractivity contribution in [3.63, 3.8) is 0 Å². The summed E-state index contributed by atoms with van der Waals surface area (Å²) in [6, 6.07) is 13.2. The van der Waals surface area contributed by atoms with E-state index in [1.807, 2.05) is 12.1 Å². The minimum Gasteiger partial charge on any atom is -0.497 e. The lowest BCUT2D eigenvalue weighted by Crippen LogP contribution is -2.12. The Kier molecular flexibility index (Phi) is 4.47. The van der Waals surface area contributed by atoms with Crippen LogP contribution < -0.4 is 8.92 Å². The number of methoxy groups -OCH3 is 1. The topological polar surface area (TPSA) is 52.6 Å². The Morgan fingerprint density at radius 3 is 1.77 bits per heavy atom. The lowest BCUT2D eigenvalue weighted by Gasteiger charge is -2.19. The third-order valence-electron chi connectivity index (χ3n) is 3.27. The Bertz CT molecular complexity index is 724. The number of rotatable bonds is 4. The van der Waals surface area contributed by atoms with Gasteiger partial charge in [0.2, 0.25) is 0 Å². The minimum atomic E-state index is -3.84. The van der Waals surface area contributed by atoms with Crippen molar-refractivity contribution < 1.29 is 17.3 Å². The zero-order valence-electron chi connectivity index (χ0n) is 13.2. The van der Waals surface area contributed by atoms with Crippen LogP contribution in [-0.4, -0.2) is 15.5 Å². The van der Waals surface area contributed by atoms with Gasteiger partial charge >= 0.3 is 10.1 Å². The third-order valence-corrected chi connectivity index (χ3v) is 4.54. The van der Waals surface area contributed by atoms with Crippen molar-refractivity contribution in [3.8, 4) is 11.5 Å². The van der Waals surface area contributed by atoms with Crippen molar-refractivity contribution >= 4 is 10.1 Å². The van der Waals surface area contributed by atoms with Crippen molar-refractivity contribution in [1.29, 1.82) is 0 Å². The van der Waals surface area contributed by atoms with E-state index in [-0.39, 0.29) is 10.3 Å². The summed E-state index contributed by atoms with van der Waals surface area (Å²) in [5, 5.41) is 0. The van der Waals surface area contributed by atoms with E-state index in [1.165, 1.54) is 19.2 Å². The first-order valence-corrected chi connectivity index (χ1v) is 8.32. The maximum Gasteiger partial charge on any atom is 0.339 e. The summed E-state index contributed by atoms with van der Waals surface area (Å²) in [7, 11) is -2.32. The molecular weight excluding hydrogens is 300 g/mol. The first-order chi connectivity index (χ1) is 10.2. The van der Waals surface area contributed by atoms with Gasteiger partial charge in [-0.15, -0.1) is 0 Å². The molecule has 2 aromatic rings. The van der Waals surface area contributed by atoms with Crippen LogP contribution >= 0.6 is 0 Å². The van der Waals surface area contributed by atoms with E-state index in [0.717, 1.165) is 5.56 Å². The molecule has 0 atom stereocenters. The molecule has 0 aromatic heterocycles. The van der Waals surface area contributed by atoms with Gasteiger partial charge in [0.25, 0.3) is 0 Å². The smallest absolute Gasteiger partial charge is 0.339 e. The Labute approximate surface area is 131 Å². The molecule has 0 aliphatic heterocycles. The van der Waals surface area contributed by atoms with Crippen LogP contribution in [0.15, 0.2) is 53.4 Å². The third kappa shape index (κ3) is 3.80. The molecule has 0 aliphatic carbocycles. The van der Waals surface area contributed by atoms with Crippen LogP contribution in [-0.2, 0) is 15.5 Å². The van der Waals surface area contributed by atoms with Crippen molar-refractivity contribution in [3.05, 3.63) is 54.1 Å². The summed E-state index contributed by atoms with van der Waals surface area (Å²) in [4.78, 5) is 0.0909. The van der Waals surface area contributed by atoms with Gasteiger partial charge in [-0.05, 0) is 47.4 Å². The van der Waals surface area contributed by atoms with Gasteiger partial charge in [0.1, 0.15) is 16.4 Å². The first-order valence-electron chi connectivity index (χ1n) is 6.91. The highest BCUT2D eigenvalue weighted by Gasteiger charge is 2.18. The van der Waals surface area contributed by atoms with Gasteiger partial charge in [-0.2, -0.15) is 8.42 Å². The first kappa shape index (κ1) is 16.4. The fraction of sp³-hybridized carbons (Fsp3) is 0.294. The standard InChI is InChI=1S/C17H20O4S/c1-17(2,3)13-5-7-15(8-6-13)21-22(18,19)16-11-9-14(20-4)10-12-16/h5-12H,1-4H3. The zero-order valence-corrected chi connectivity index (χ0v) is 14.0. The molecule has 5 heteroatoms. The zero-order chi connectivity index (χ0) is 16.4. The van der Waals surface area contributed by atoms with Crippen molar-refractivity contribution in [2.45, 2.75) is 31.1 Å². The predicted molar refractivity (Wildman–Crippen MR) is 85.9 cm³/mol. The van der Waals surface area contributed by atoms with Crippen LogP contribution in [0.25, 0.3) is 0 Å². The van der Waals surface area contributed by atoms with Gasteiger partial charge < -0.3 is 8.92 Å². The van der Waals surface area contributed by atoms with Gasteiger partial charge in [0.05, 0.1) is 7.11 Å². The SMILES string of the molecule is COc1ccc(S(=O)(=O)Oc2ccc(C(C)(C)C)cc2)cc1. The second-order valence-electron chi connectivity index (χ2n) is 5.99. The molecular formula is C17H20O4S. The van der Waals surface area contributed by atoms with E-state index in [2.05, 4.69) is 20.8 Å². The summed E-state index contributed by atoms with van der Waals surface area (Å²) < 4.78 is 34.6. The Hall–Kier alpha value is -2.01. The highest BCUT2D eigenvalue weighted by Crippen LogP contribution is 2.26. The molecule has 2 rings (SSSR count). The molecule has 118 valence electrons. The van der Waals surface area contributed by atoms with Crippen molar-refractivity contribution in [2.75, 3.05) is 7.11 Å². The van der Waals surface area contributed by atoms with Crippen molar-refractivity contribution in [2.24, 2.45) is 0 Å². The highest BCUT2D eigenvalue weighted by molar-refractivity contribution is 7.87. The van der Waals surface area contributed by atoms with Crippen LogP contribution in [0.5, 0.6) is 11.5 Å². The number of ether oxygens (including phenoxy) is 1. The van der Waals surface area contributed by atoms with E-state index >= 15 is 0 Å². The summed E-state index contributed by atoms with van der Waals surface area (Å²) in [6.45, 7) is 6.28. The molecule has 0 bridgehead atoms. The molecule has 0 N–H and O–H groups in total. The normalized spacial score (nSPS) is 12.0. The lowest BCUT2D eigenvalue weighted by atomic mass is 9.87. The van der Waals surface area contributed by atoms with Crippen LogP contribution in [0.2, 0.25) is 0 Å². The molecule has 0 radical (unpaired) electrons. The predicted octanol–water partition coefficient (Wildman–Crippen LogP) is 3.76. The summed E-state index contributed by atoms with van der Waals surface area (Å²) >= 11 is 0. The van der Waals surface area contributed by atoms with Crippen LogP contribution in [0.1, 0.15) is 26.3 Å². The fourth-order valence-electron chi connectivity index (χ4n) is 1.93. The maximum absolute atomic E-state index is 12.2. The Balaban J connectivity index is 2.21. The average Bonchev–Trinajstić information content (AvgIpc) is 2.46. The molecule has 0 saturated heterocycles. The lowest BCUT2D eigenvalue weighted by molar-refractivity contribution is 0.414. The summed E-state index contributed by atoms with van der Waals surface area (Å²) in [6.07, 6.45) is 0. The largest absolute Gasteiger partial charge is 0.497 e. The van der Waals surface area contributed by atoms with Gasteiger partial charge in [0, 0.05) is 0 Å². The Morgan fingerprint density at radius 1 is 0.818 bits per heavy atom. The van der Waals surface area contributed by atoms with Gasteiger partial charge in [-0.25, -0.2) is 0 Å². The molecule has 0 heterocycles. The molecule has 4 nitrogen and oxygen atoms in total. The number of hydrogen-bond acceptors (Lipinski definition) is 4. The van der Waals surface area contributed by atoms with Gasteiger partial charge in [-0.1, -0.05) is 32.9 Å².